The van der Waals surface area contributed by atoms with E-state index in [9.17, 15) is 29.4 Å². The average Bonchev–Trinajstić information content (AvgIpc) is 3.32. The van der Waals surface area contributed by atoms with Crippen molar-refractivity contribution in [3.8, 4) is 0 Å². The zero-order valence-corrected chi connectivity index (χ0v) is 48.7. The Morgan fingerprint density at radius 1 is 0.290 bits per heavy atom. The van der Waals surface area contributed by atoms with Gasteiger partial charge in [0.15, 0.2) is 0 Å². The first kappa shape index (κ1) is 72.4. The molecule has 0 aromatic heterocycles. The van der Waals surface area contributed by atoms with Crippen LogP contribution in [0.25, 0.3) is 0 Å². The van der Waals surface area contributed by atoms with Gasteiger partial charge in [0.2, 0.25) is 0 Å². The van der Waals surface area contributed by atoms with Crippen molar-refractivity contribution < 1.29 is 38.9 Å². The molecule has 0 radical (unpaired) electrons. The Hall–Kier alpha value is -0.860. The van der Waals surface area contributed by atoms with Crippen molar-refractivity contribution >= 4 is 61.6 Å². The second-order valence-electron chi connectivity index (χ2n) is 20.5. The number of carbonyl (C=O) groups excluding carboxylic acids is 4. The molecule has 9 heteroatoms. The summed E-state index contributed by atoms with van der Waals surface area (Å²) in [5.74, 6) is -1.83. The van der Waals surface area contributed by atoms with Crippen LogP contribution >= 0.6 is 0 Å². The zero-order valence-electron chi connectivity index (χ0n) is 46.5. The summed E-state index contributed by atoms with van der Waals surface area (Å²) in [6.07, 6.45) is 57.3. The van der Waals surface area contributed by atoms with Gasteiger partial charge in [0, 0.05) is 24.8 Å². The second kappa shape index (κ2) is 61.4. The van der Waals surface area contributed by atoms with Gasteiger partial charge in [-0.1, -0.05) is 259 Å². The predicted molar refractivity (Wildman–Crippen MR) is 289 cm³/mol. The number of ether oxygens (including phenoxy) is 2. The summed E-state index contributed by atoms with van der Waals surface area (Å²) < 4.78 is 11.4. The Morgan fingerprint density at radius 2 is 0.478 bits per heavy atom. The van der Waals surface area contributed by atoms with Crippen LogP contribution in [0.3, 0.4) is 0 Å². The maximum Gasteiger partial charge on any atom is 2.00 e. The van der Waals surface area contributed by atoms with E-state index in [1.165, 1.54) is 193 Å². The minimum atomic E-state index is -0.921. The van der Waals surface area contributed by atoms with E-state index in [4.69, 9.17) is 9.47 Å². The van der Waals surface area contributed by atoms with E-state index in [0.29, 0.717) is 12.8 Å². The Kier molecular flexibility index (Phi) is 64.5. The molecule has 0 N–H and O–H groups in total. The number of hydrogen-bond donors (Lipinski definition) is 0. The van der Waals surface area contributed by atoms with Crippen LogP contribution in [0, 0.1) is 0 Å². The molecule has 0 fully saturated rings. The normalized spacial score (nSPS) is 11.9. The molecule has 0 saturated carbocycles. The molecule has 0 amide bonds. The minimum absolute atomic E-state index is 0. The number of esters is 2. The molecule has 0 heterocycles. The van der Waals surface area contributed by atoms with E-state index in [1.807, 2.05) is 0 Å². The van der Waals surface area contributed by atoms with Crippen molar-refractivity contribution in [3.05, 3.63) is 0 Å². The molecule has 8 nitrogen and oxygen atoms in total. The van der Waals surface area contributed by atoms with Gasteiger partial charge < -0.3 is 29.3 Å². The van der Waals surface area contributed by atoms with Gasteiger partial charge in [-0.2, -0.15) is 0 Å². The van der Waals surface area contributed by atoms with Gasteiger partial charge in [-0.15, -0.1) is 0 Å². The molecule has 0 saturated heterocycles. The number of hydrogen-bond acceptors (Lipinski definition) is 8. The summed E-state index contributed by atoms with van der Waals surface area (Å²) in [7, 11) is 0. The van der Waals surface area contributed by atoms with Crippen molar-refractivity contribution in [2.24, 2.45) is 0 Å². The first-order valence-electron chi connectivity index (χ1n) is 30.0. The Labute approximate surface area is 458 Å². The molecule has 2 atom stereocenters. The molecule has 0 spiro atoms. The van der Waals surface area contributed by atoms with E-state index >= 15 is 0 Å². The Morgan fingerprint density at radius 3 is 0.681 bits per heavy atom. The van der Waals surface area contributed by atoms with Crippen LogP contribution in [0.2, 0.25) is 0 Å². The summed E-state index contributed by atoms with van der Waals surface area (Å²) in [6.45, 7) is 8.76. The fourth-order valence-electron chi connectivity index (χ4n) is 9.16. The van der Waals surface area contributed by atoms with E-state index in [-0.39, 0.29) is 74.7 Å². The fraction of sp³-hybridized carbons (Fsp3) is 0.933. The van der Waals surface area contributed by atoms with Crippen LogP contribution in [0.5, 0.6) is 0 Å². The van der Waals surface area contributed by atoms with Gasteiger partial charge in [0.05, 0.1) is 0 Å². The number of carbonyl (C=O) groups is 4. The largest absolute Gasteiger partial charge is 2.00 e. The van der Waals surface area contributed by atoms with E-state index in [0.717, 1.165) is 103 Å². The molecular formula is C60H114CaO8. The van der Waals surface area contributed by atoms with Gasteiger partial charge >= 0.3 is 49.7 Å². The van der Waals surface area contributed by atoms with Gasteiger partial charge in [0.1, 0.15) is 12.2 Å². The zero-order chi connectivity index (χ0) is 50.2. The molecule has 404 valence electrons. The van der Waals surface area contributed by atoms with Crippen molar-refractivity contribution in [2.75, 3.05) is 0 Å². The summed E-state index contributed by atoms with van der Waals surface area (Å²) in [5.41, 5.74) is 0. The number of unbranched alkanes of at least 4 members (excludes halogenated alkanes) is 38. The summed E-state index contributed by atoms with van der Waals surface area (Å²) in [6, 6.07) is 0. The number of carboxylic acids is 2. The summed E-state index contributed by atoms with van der Waals surface area (Å²) in [5, 5.41) is 20.7. The summed E-state index contributed by atoms with van der Waals surface area (Å²) in [4.78, 5) is 45.0. The molecule has 0 rings (SSSR count). The number of aliphatic carboxylic acids is 2. The van der Waals surface area contributed by atoms with Gasteiger partial charge in [-0.3, -0.25) is 9.59 Å². The van der Waals surface area contributed by atoms with Crippen LogP contribution in [-0.4, -0.2) is 73.8 Å². The van der Waals surface area contributed by atoms with Crippen LogP contribution < -0.4 is 10.2 Å². The molecule has 0 aliphatic heterocycles. The quantitative estimate of drug-likeness (QED) is 0.0334. The maximum atomic E-state index is 12.1. The van der Waals surface area contributed by atoms with E-state index in [1.54, 1.807) is 0 Å². The van der Waals surface area contributed by atoms with Crippen molar-refractivity contribution in [1.82, 2.24) is 0 Å². The molecule has 0 aliphatic rings. The molecule has 0 aromatic rings. The Balaban J connectivity index is -0.00000124. The fourth-order valence-corrected chi connectivity index (χ4v) is 9.16. The molecule has 0 bridgehead atoms. The topological polar surface area (TPSA) is 133 Å². The minimum Gasteiger partial charge on any atom is -0.550 e. The van der Waals surface area contributed by atoms with E-state index < -0.39 is 11.9 Å². The van der Waals surface area contributed by atoms with Gasteiger partial charge in [-0.05, 0) is 77.0 Å². The predicted octanol–water partition coefficient (Wildman–Crippen LogP) is 16.5. The molecule has 0 aliphatic carbocycles. The van der Waals surface area contributed by atoms with Gasteiger partial charge in [0.25, 0.3) is 0 Å². The first-order chi connectivity index (χ1) is 33.2. The third-order valence-electron chi connectivity index (χ3n) is 13.8. The van der Waals surface area contributed by atoms with Gasteiger partial charge in [-0.25, -0.2) is 0 Å². The molecular weight excluding hydrogens is 889 g/mol. The standard InChI is InChI=1S/2C30H58O4.Ca/c2*1-3-5-6-7-8-13-18-21-24-27-30(33)34-28(4-2)25-22-19-16-14-11-9-10-12-15-17-20-23-26-29(31)32;/h2*28H,3-27H2,1-2H3,(H,31,32);/q;;+2/p-2. The van der Waals surface area contributed by atoms with Crippen molar-refractivity contribution in [3.63, 3.8) is 0 Å². The molecule has 2 unspecified atom stereocenters. The average molecular weight is 1000 g/mol. The molecule has 0 aromatic carbocycles. The third-order valence-corrected chi connectivity index (χ3v) is 13.8. The second-order valence-corrected chi connectivity index (χ2v) is 20.5. The Bertz CT molecular complexity index is 988. The number of rotatable bonds is 54. The van der Waals surface area contributed by atoms with Crippen LogP contribution in [0.4, 0.5) is 0 Å². The van der Waals surface area contributed by atoms with Crippen LogP contribution in [-0.2, 0) is 28.7 Å². The SMILES string of the molecule is CCCCCCCCCCCC(=O)OC(CC)CCCCCCCCCCCCCCC(=O)[O-].CCCCCCCCCCCC(=O)OC(CC)CCCCCCCCCCCCCCC(=O)[O-].[Ca+2]. The monoisotopic (exact) mass is 1000 g/mol. The van der Waals surface area contributed by atoms with Crippen LogP contribution in [0.15, 0.2) is 0 Å². The van der Waals surface area contributed by atoms with E-state index in [2.05, 4.69) is 27.7 Å². The smallest absolute Gasteiger partial charge is 0.550 e. The first-order valence-corrected chi connectivity index (χ1v) is 30.0. The van der Waals surface area contributed by atoms with Crippen molar-refractivity contribution in [1.29, 1.82) is 0 Å². The maximum absolute atomic E-state index is 12.1. The molecule has 69 heavy (non-hydrogen) atoms. The van der Waals surface area contributed by atoms with Crippen molar-refractivity contribution in [2.45, 2.75) is 361 Å². The third kappa shape index (κ3) is 63.2. The summed E-state index contributed by atoms with van der Waals surface area (Å²) >= 11 is 0. The van der Waals surface area contributed by atoms with Crippen LogP contribution in [0.1, 0.15) is 349 Å². The number of carboxylic acid groups (broad SMARTS) is 2.